The Morgan fingerprint density at radius 3 is 1.37 bits per heavy atom. The van der Waals surface area contributed by atoms with Crippen molar-refractivity contribution in [2.24, 2.45) is 0 Å². The zero-order chi connectivity index (χ0) is 18.9. The van der Waals surface area contributed by atoms with E-state index in [1.54, 1.807) is 42.6 Å². The lowest BCUT2D eigenvalue weighted by Gasteiger charge is -2.37. The standard InChI is InChI=1S/C22H15F3N2/c23-19-10-4-1-7-16(19)22(27-14-13-26-15-27,17-8-2-5-11-20(17)24)18-9-3-6-12-21(18)25/h1-15H. The van der Waals surface area contributed by atoms with Gasteiger partial charge in [0.15, 0.2) is 0 Å². The van der Waals surface area contributed by atoms with Crippen LogP contribution in [-0.2, 0) is 5.54 Å². The Bertz CT molecular complexity index is 963. The summed E-state index contributed by atoms with van der Waals surface area (Å²) in [7, 11) is 0. The van der Waals surface area contributed by atoms with Gasteiger partial charge in [-0.25, -0.2) is 18.2 Å². The van der Waals surface area contributed by atoms with Crippen LogP contribution in [0.4, 0.5) is 13.2 Å². The van der Waals surface area contributed by atoms with E-state index in [9.17, 15) is 0 Å². The summed E-state index contributed by atoms with van der Waals surface area (Å²) in [6.45, 7) is 0. The molecule has 0 bridgehead atoms. The van der Waals surface area contributed by atoms with Crippen LogP contribution < -0.4 is 0 Å². The van der Waals surface area contributed by atoms with E-state index >= 15 is 13.2 Å². The van der Waals surface area contributed by atoms with Crippen LogP contribution in [0.2, 0.25) is 0 Å². The minimum absolute atomic E-state index is 0.123. The first kappa shape index (κ1) is 17.1. The van der Waals surface area contributed by atoms with E-state index in [2.05, 4.69) is 4.98 Å². The van der Waals surface area contributed by atoms with Crippen LogP contribution in [0.1, 0.15) is 16.7 Å². The first-order valence-electron chi connectivity index (χ1n) is 8.39. The van der Waals surface area contributed by atoms with E-state index in [0.29, 0.717) is 0 Å². The summed E-state index contributed by atoms with van der Waals surface area (Å²) < 4.78 is 46.6. The third-order valence-electron chi connectivity index (χ3n) is 4.68. The van der Waals surface area contributed by atoms with Crippen LogP contribution in [0, 0.1) is 17.5 Å². The molecule has 3 aromatic carbocycles. The number of hydrogen-bond acceptors (Lipinski definition) is 1. The molecule has 4 aromatic rings. The maximum absolute atomic E-state index is 15.0. The van der Waals surface area contributed by atoms with Crippen molar-refractivity contribution in [3.63, 3.8) is 0 Å². The number of rotatable bonds is 4. The fraction of sp³-hybridized carbons (Fsp3) is 0.0455. The van der Waals surface area contributed by atoms with Crippen molar-refractivity contribution >= 4 is 0 Å². The fourth-order valence-corrected chi connectivity index (χ4v) is 3.57. The maximum atomic E-state index is 15.0. The van der Waals surface area contributed by atoms with Gasteiger partial charge >= 0.3 is 0 Å². The minimum atomic E-state index is -1.60. The molecule has 0 spiro atoms. The third-order valence-corrected chi connectivity index (χ3v) is 4.68. The second-order valence-electron chi connectivity index (χ2n) is 6.12. The van der Waals surface area contributed by atoms with E-state index in [-0.39, 0.29) is 16.7 Å². The Hall–Kier alpha value is -3.34. The predicted molar refractivity (Wildman–Crippen MR) is 96.7 cm³/mol. The first-order valence-corrected chi connectivity index (χ1v) is 8.39. The van der Waals surface area contributed by atoms with Crippen molar-refractivity contribution < 1.29 is 13.2 Å². The summed E-state index contributed by atoms with van der Waals surface area (Å²) in [6, 6.07) is 18.0. The molecule has 0 atom stereocenters. The number of aromatic nitrogens is 2. The first-order chi connectivity index (χ1) is 13.2. The highest BCUT2D eigenvalue weighted by atomic mass is 19.1. The molecule has 0 saturated heterocycles. The highest BCUT2D eigenvalue weighted by Gasteiger charge is 2.43. The van der Waals surface area contributed by atoms with Crippen LogP contribution in [0.3, 0.4) is 0 Å². The van der Waals surface area contributed by atoms with Gasteiger partial charge in [0, 0.05) is 29.1 Å². The summed E-state index contributed by atoms with van der Waals surface area (Å²) in [6.07, 6.45) is 4.51. The van der Waals surface area contributed by atoms with E-state index in [1.807, 2.05) is 0 Å². The van der Waals surface area contributed by atoms with Crippen LogP contribution in [0.25, 0.3) is 0 Å². The SMILES string of the molecule is Fc1ccccc1C(c1ccccc1F)(c1ccccc1F)n1ccnc1. The number of hydrogen-bond donors (Lipinski definition) is 0. The number of halogens is 3. The molecule has 27 heavy (non-hydrogen) atoms. The largest absolute Gasteiger partial charge is 0.319 e. The molecule has 0 fully saturated rings. The predicted octanol–water partition coefficient (Wildman–Crippen LogP) is 5.14. The molecule has 1 heterocycles. The fourth-order valence-electron chi connectivity index (χ4n) is 3.57. The minimum Gasteiger partial charge on any atom is -0.319 e. The van der Waals surface area contributed by atoms with Gasteiger partial charge in [0.05, 0.1) is 6.33 Å². The van der Waals surface area contributed by atoms with E-state index in [1.165, 1.54) is 53.5 Å². The summed E-state index contributed by atoms with van der Waals surface area (Å²) in [5.41, 5.74) is -1.23. The lowest BCUT2D eigenvalue weighted by Crippen LogP contribution is -2.39. The normalized spacial score (nSPS) is 11.5. The smallest absolute Gasteiger partial charge is 0.130 e. The van der Waals surface area contributed by atoms with Crippen LogP contribution in [-0.4, -0.2) is 9.55 Å². The molecule has 1 aromatic heterocycles. The highest BCUT2D eigenvalue weighted by Crippen LogP contribution is 2.43. The second-order valence-corrected chi connectivity index (χ2v) is 6.12. The van der Waals surface area contributed by atoms with Gasteiger partial charge in [-0.05, 0) is 18.2 Å². The van der Waals surface area contributed by atoms with Gasteiger partial charge in [0.25, 0.3) is 0 Å². The Balaban J connectivity index is 2.23. The lowest BCUT2D eigenvalue weighted by atomic mass is 9.76. The van der Waals surface area contributed by atoms with E-state index in [4.69, 9.17) is 0 Å². The molecule has 5 heteroatoms. The molecular formula is C22H15F3N2. The molecule has 0 radical (unpaired) electrons. The summed E-state index contributed by atoms with van der Waals surface area (Å²) in [4.78, 5) is 4.05. The number of nitrogens with zero attached hydrogens (tertiary/aromatic N) is 2. The molecule has 0 N–H and O–H groups in total. The molecule has 134 valence electrons. The van der Waals surface area contributed by atoms with Crippen molar-refractivity contribution in [3.8, 4) is 0 Å². The number of imidazole rings is 1. The monoisotopic (exact) mass is 364 g/mol. The molecule has 0 aliphatic heterocycles. The Morgan fingerprint density at radius 2 is 1.04 bits per heavy atom. The summed E-state index contributed by atoms with van der Waals surface area (Å²) >= 11 is 0. The quantitative estimate of drug-likeness (QED) is 0.459. The van der Waals surface area contributed by atoms with E-state index < -0.39 is 23.0 Å². The van der Waals surface area contributed by atoms with Gasteiger partial charge in [-0.15, -0.1) is 0 Å². The average Bonchev–Trinajstić information content (AvgIpc) is 3.21. The lowest BCUT2D eigenvalue weighted by molar-refractivity contribution is 0.434. The van der Waals surface area contributed by atoms with Crippen LogP contribution in [0.15, 0.2) is 91.5 Å². The van der Waals surface area contributed by atoms with Gasteiger partial charge in [-0.1, -0.05) is 54.6 Å². The molecule has 2 nitrogen and oxygen atoms in total. The molecule has 0 amide bonds. The Labute approximate surface area is 154 Å². The Kier molecular flexibility index (Phi) is 4.28. The Morgan fingerprint density at radius 1 is 0.630 bits per heavy atom. The topological polar surface area (TPSA) is 17.8 Å². The average molecular weight is 364 g/mol. The molecule has 0 unspecified atom stereocenters. The van der Waals surface area contributed by atoms with Gasteiger partial charge in [0.1, 0.15) is 23.0 Å². The van der Waals surface area contributed by atoms with Crippen LogP contribution in [0.5, 0.6) is 0 Å². The maximum Gasteiger partial charge on any atom is 0.130 e. The molecule has 0 aliphatic rings. The van der Waals surface area contributed by atoms with Crippen molar-refractivity contribution in [2.75, 3.05) is 0 Å². The van der Waals surface area contributed by atoms with Crippen molar-refractivity contribution in [1.29, 1.82) is 0 Å². The summed E-state index contributed by atoms with van der Waals surface area (Å²) in [5, 5.41) is 0. The highest BCUT2D eigenvalue weighted by molar-refractivity contribution is 5.52. The zero-order valence-electron chi connectivity index (χ0n) is 14.2. The van der Waals surface area contributed by atoms with E-state index in [0.717, 1.165) is 0 Å². The van der Waals surface area contributed by atoms with Gasteiger partial charge in [0.2, 0.25) is 0 Å². The molecular weight excluding hydrogens is 349 g/mol. The molecule has 0 aliphatic carbocycles. The van der Waals surface area contributed by atoms with Crippen molar-refractivity contribution in [2.45, 2.75) is 5.54 Å². The number of benzene rings is 3. The molecule has 4 rings (SSSR count). The van der Waals surface area contributed by atoms with Crippen molar-refractivity contribution in [1.82, 2.24) is 9.55 Å². The van der Waals surface area contributed by atoms with Gasteiger partial charge in [-0.2, -0.15) is 0 Å². The van der Waals surface area contributed by atoms with Crippen molar-refractivity contribution in [3.05, 3.63) is 126 Å². The zero-order valence-corrected chi connectivity index (χ0v) is 14.2. The third kappa shape index (κ3) is 2.63. The second kappa shape index (κ2) is 6.76. The van der Waals surface area contributed by atoms with Crippen LogP contribution >= 0.6 is 0 Å². The van der Waals surface area contributed by atoms with Gasteiger partial charge in [-0.3, -0.25) is 0 Å². The molecule has 0 saturated carbocycles. The van der Waals surface area contributed by atoms with Gasteiger partial charge < -0.3 is 4.57 Å². The summed E-state index contributed by atoms with van der Waals surface area (Å²) in [5.74, 6) is -1.71.